The van der Waals surface area contributed by atoms with Gasteiger partial charge in [0.25, 0.3) is 0 Å². The smallest absolute Gasteiger partial charge is 0.405 e. The molecule has 0 aliphatic heterocycles. The van der Waals surface area contributed by atoms with Crippen LogP contribution in [0, 0.1) is 5.41 Å². The molecular weight excluding hydrogens is 260 g/mol. The predicted molar refractivity (Wildman–Crippen MR) is 62.3 cm³/mol. The molecule has 18 heavy (non-hydrogen) atoms. The SMILES string of the molecule is C=C[C@@]1(C(N)=O)C[C@]1(NC(=O)O)S(=O)(=O)C1CC1. The summed E-state index contributed by atoms with van der Waals surface area (Å²) < 4.78 is 24.6. The van der Waals surface area contributed by atoms with E-state index in [2.05, 4.69) is 6.58 Å². The van der Waals surface area contributed by atoms with E-state index in [4.69, 9.17) is 10.8 Å². The Kier molecular flexibility index (Phi) is 2.48. The number of amides is 2. The van der Waals surface area contributed by atoms with E-state index in [9.17, 15) is 18.0 Å². The largest absolute Gasteiger partial charge is 0.465 e. The Morgan fingerprint density at radius 3 is 2.28 bits per heavy atom. The quantitative estimate of drug-likeness (QED) is 0.587. The van der Waals surface area contributed by atoms with Crippen LogP contribution in [0.2, 0.25) is 0 Å². The molecule has 2 aliphatic rings. The van der Waals surface area contributed by atoms with Gasteiger partial charge in [0.1, 0.15) is 5.41 Å². The fraction of sp³-hybridized carbons (Fsp3) is 0.600. The van der Waals surface area contributed by atoms with Crippen LogP contribution < -0.4 is 11.1 Å². The van der Waals surface area contributed by atoms with Gasteiger partial charge in [0, 0.05) is 6.42 Å². The van der Waals surface area contributed by atoms with Gasteiger partial charge in [-0.15, -0.1) is 6.58 Å². The van der Waals surface area contributed by atoms with Crippen molar-refractivity contribution in [1.29, 1.82) is 0 Å². The van der Waals surface area contributed by atoms with E-state index < -0.39 is 37.4 Å². The third-order valence-electron chi connectivity index (χ3n) is 3.67. The van der Waals surface area contributed by atoms with Crippen LogP contribution in [0.4, 0.5) is 4.79 Å². The molecule has 2 fully saturated rings. The van der Waals surface area contributed by atoms with Gasteiger partial charge < -0.3 is 16.2 Å². The van der Waals surface area contributed by atoms with Gasteiger partial charge in [-0.05, 0) is 12.8 Å². The third-order valence-corrected chi connectivity index (χ3v) is 6.60. The molecule has 4 N–H and O–H groups in total. The highest BCUT2D eigenvalue weighted by Gasteiger charge is 2.79. The van der Waals surface area contributed by atoms with Gasteiger partial charge in [0.15, 0.2) is 14.7 Å². The van der Waals surface area contributed by atoms with Crippen LogP contribution in [0.3, 0.4) is 0 Å². The summed E-state index contributed by atoms with van der Waals surface area (Å²) in [7, 11) is -3.78. The second-order valence-corrected chi connectivity index (χ2v) is 7.17. The van der Waals surface area contributed by atoms with Gasteiger partial charge in [-0.25, -0.2) is 13.2 Å². The van der Waals surface area contributed by atoms with Crippen LogP contribution >= 0.6 is 0 Å². The van der Waals surface area contributed by atoms with E-state index in [-0.39, 0.29) is 6.42 Å². The number of carbonyl (C=O) groups is 2. The number of carboxylic acid groups (broad SMARTS) is 1. The summed E-state index contributed by atoms with van der Waals surface area (Å²) in [6, 6.07) is 0. The third kappa shape index (κ3) is 1.38. The fourth-order valence-electron chi connectivity index (χ4n) is 2.39. The number of hydrogen-bond donors (Lipinski definition) is 3. The average Bonchev–Trinajstić information content (AvgIpc) is 3.11. The van der Waals surface area contributed by atoms with Gasteiger partial charge >= 0.3 is 6.09 Å². The molecule has 0 unspecified atom stereocenters. The Bertz CT molecular complexity index is 538. The first-order chi connectivity index (χ1) is 8.23. The molecule has 2 saturated carbocycles. The minimum absolute atomic E-state index is 0.177. The highest BCUT2D eigenvalue weighted by molar-refractivity contribution is 7.94. The Morgan fingerprint density at radius 2 is 2.00 bits per heavy atom. The highest BCUT2D eigenvalue weighted by atomic mass is 32.2. The maximum atomic E-state index is 12.3. The molecule has 2 amide bonds. The number of sulfone groups is 1. The van der Waals surface area contributed by atoms with Gasteiger partial charge in [-0.2, -0.15) is 0 Å². The maximum absolute atomic E-state index is 12.3. The molecular formula is C10H14N2O5S. The van der Waals surface area contributed by atoms with Crippen LogP contribution in [0.15, 0.2) is 12.7 Å². The molecule has 0 aromatic heterocycles. The van der Waals surface area contributed by atoms with E-state index >= 15 is 0 Å². The van der Waals surface area contributed by atoms with Crippen molar-refractivity contribution in [2.75, 3.05) is 0 Å². The van der Waals surface area contributed by atoms with Crippen LogP contribution in [-0.2, 0) is 14.6 Å². The number of hydrogen-bond acceptors (Lipinski definition) is 4. The second-order valence-electron chi connectivity index (χ2n) is 4.72. The lowest BCUT2D eigenvalue weighted by Gasteiger charge is -2.21. The van der Waals surface area contributed by atoms with Crippen molar-refractivity contribution >= 4 is 21.8 Å². The molecule has 0 heterocycles. The van der Waals surface area contributed by atoms with E-state index in [1.165, 1.54) is 0 Å². The topological polar surface area (TPSA) is 127 Å². The Labute approximate surface area is 104 Å². The number of nitrogens with one attached hydrogen (secondary N) is 1. The van der Waals surface area contributed by atoms with Crippen molar-refractivity contribution in [3.8, 4) is 0 Å². The summed E-state index contributed by atoms with van der Waals surface area (Å²) in [6.45, 7) is 3.41. The molecule has 2 atom stereocenters. The van der Waals surface area contributed by atoms with Crippen molar-refractivity contribution in [3.63, 3.8) is 0 Å². The van der Waals surface area contributed by atoms with Crippen LogP contribution in [0.5, 0.6) is 0 Å². The molecule has 2 rings (SSSR count). The summed E-state index contributed by atoms with van der Waals surface area (Å²) in [5, 5.41) is 10.2. The van der Waals surface area contributed by atoms with Crippen molar-refractivity contribution in [3.05, 3.63) is 12.7 Å². The molecule has 100 valence electrons. The minimum atomic E-state index is -3.78. The summed E-state index contributed by atoms with van der Waals surface area (Å²) in [5.74, 6) is -0.879. The molecule has 2 aliphatic carbocycles. The summed E-state index contributed by atoms with van der Waals surface area (Å²) in [4.78, 5) is 20.4. The molecule has 0 spiro atoms. The summed E-state index contributed by atoms with van der Waals surface area (Å²) in [6.07, 6.45) is 0.424. The zero-order chi connectivity index (χ0) is 13.8. The maximum Gasteiger partial charge on any atom is 0.405 e. The molecule has 7 nitrogen and oxygen atoms in total. The van der Waals surface area contributed by atoms with E-state index in [0.29, 0.717) is 12.8 Å². The first-order valence-electron chi connectivity index (χ1n) is 5.41. The molecule has 8 heteroatoms. The first-order valence-corrected chi connectivity index (χ1v) is 6.96. The monoisotopic (exact) mass is 274 g/mol. The van der Waals surface area contributed by atoms with Crippen LogP contribution in [-0.4, -0.2) is 35.6 Å². The fourth-order valence-corrected chi connectivity index (χ4v) is 5.06. The van der Waals surface area contributed by atoms with Gasteiger partial charge in [-0.1, -0.05) is 6.08 Å². The van der Waals surface area contributed by atoms with E-state index in [1.807, 2.05) is 5.32 Å². The van der Waals surface area contributed by atoms with Crippen LogP contribution in [0.1, 0.15) is 19.3 Å². The molecule has 0 saturated heterocycles. The normalized spacial score (nSPS) is 34.7. The van der Waals surface area contributed by atoms with Crippen molar-refractivity contribution < 1.29 is 23.1 Å². The number of rotatable bonds is 5. The lowest BCUT2D eigenvalue weighted by Crippen LogP contribution is -2.51. The summed E-state index contributed by atoms with van der Waals surface area (Å²) >= 11 is 0. The molecule has 0 aromatic rings. The van der Waals surface area contributed by atoms with Gasteiger partial charge in [0.2, 0.25) is 5.91 Å². The average molecular weight is 274 g/mol. The van der Waals surface area contributed by atoms with Crippen molar-refractivity contribution in [1.82, 2.24) is 5.32 Å². The lowest BCUT2D eigenvalue weighted by atomic mass is 10.1. The highest BCUT2D eigenvalue weighted by Crippen LogP contribution is 2.62. The van der Waals surface area contributed by atoms with Gasteiger partial charge in [-0.3, -0.25) is 4.79 Å². The van der Waals surface area contributed by atoms with Crippen LogP contribution in [0.25, 0.3) is 0 Å². The number of nitrogens with two attached hydrogens (primary N) is 1. The standard InChI is InChI=1S/C10H14N2O5S/c1-2-9(7(11)13)5-10(9,12-8(14)15)18(16,17)6-3-4-6/h2,6,12H,1,3-5H2,(H2,11,13)(H,14,15)/t9-,10-/m0/s1. The summed E-state index contributed by atoms with van der Waals surface area (Å²) in [5.41, 5.74) is 3.67. The van der Waals surface area contributed by atoms with E-state index in [0.717, 1.165) is 6.08 Å². The molecule has 0 aromatic carbocycles. The number of primary amides is 1. The Balaban J connectivity index is 2.49. The molecule has 0 radical (unpaired) electrons. The zero-order valence-electron chi connectivity index (χ0n) is 9.55. The zero-order valence-corrected chi connectivity index (χ0v) is 10.4. The first kappa shape index (κ1) is 12.9. The van der Waals surface area contributed by atoms with Crippen molar-refractivity contribution in [2.45, 2.75) is 29.4 Å². The molecule has 0 bridgehead atoms. The number of carbonyl (C=O) groups excluding carboxylic acids is 1. The lowest BCUT2D eigenvalue weighted by molar-refractivity contribution is -0.121. The predicted octanol–water partition coefficient (Wildman–Crippen LogP) is -0.411. The Morgan fingerprint density at radius 1 is 1.44 bits per heavy atom. The second kappa shape index (κ2) is 3.47. The minimum Gasteiger partial charge on any atom is -0.465 e. The van der Waals surface area contributed by atoms with Gasteiger partial charge in [0.05, 0.1) is 5.25 Å². The van der Waals surface area contributed by atoms with Crippen molar-refractivity contribution in [2.24, 2.45) is 11.1 Å². The Hall–Kier alpha value is -1.57. The van der Waals surface area contributed by atoms with E-state index in [1.54, 1.807) is 0 Å².